The summed E-state index contributed by atoms with van der Waals surface area (Å²) in [5, 5.41) is 11.5. The molecule has 0 aliphatic heterocycles. The van der Waals surface area contributed by atoms with Gasteiger partial charge in [-0.2, -0.15) is 0 Å². The molecule has 6 heteroatoms. The average molecular weight is 445 g/mol. The van der Waals surface area contributed by atoms with Gasteiger partial charge in [-0.05, 0) is 36.8 Å². The number of rotatable bonds is 3. The van der Waals surface area contributed by atoms with Crippen LogP contribution in [0.1, 0.15) is 88.5 Å². The Bertz CT molecular complexity index is 894. The molecule has 0 spiro atoms. The van der Waals surface area contributed by atoms with Crippen LogP contribution in [0.2, 0.25) is 15.3 Å². The number of carbonyl (C=O) groups is 1. The van der Waals surface area contributed by atoms with Crippen molar-refractivity contribution in [1.82, 2.24) is 4.57 Å². The van der Waals surface area contributed by atoms with Crippen molar-refractivity contribution in [2.75, 3.05) is 0 Å². The fourth-order valence-corrected chi connectivity index (χ4v) is 4.40. The molecule has 0 unspecified atom stereocenters. The quantitative estimate of drug-likeness (QED) is 0.496. The summed E-state index contributed by atoms with van der Waals surface area (Å²) in [6.07, 6.45) is 0. The number of aromatic nitrogens is 1. The van der Waals surface area contributed by atoms with Crippen LogP contribution in [0.4, 0.5) is 0 Å². The number of halogens is 3. The maximum Gasteiger partial charge on any atom is 0.197 e. The third-order valence-electron chi connectivity index (χ3n) is 4.76. The van der Waals surface area contributed by atoms with Gasteiger partial charge in [-0.15, -0.1) is 0 Å². The molecule has 3 nitrogen and oxygen atoms in total. The van der Waals surface area contributed by atoms with Crippen LogP contribution in [0.15, 0.2) is 12.1 Å². The van der Waals surface area contributed by atoms with E-state index in [4.69, 9.17) is 34.8 Å². The summed E-state index contributed by atoms with van der Waals surface area (Å²) in [5.41, 5.74) is 1.31. The van der Waals surface area contributed by atoms with Gasteiger partial charge in [0.15, 0.2) is 5.78 Å². The van der Waals surface area contributed by atoms with Gasteiger partial charge in [-0.1, -0.05) is 76.3 Å². The zero-order valence-electron chi connectivity index (χ0n) is 17.7. The lowest BCUT2D eigenvalue weighted by molar-refractivity contribution is 0.103. The molecule has 0 saturated carbocycles. The van der Waals surface area contributed by atoms with E-state index in [-0.39, 0.29) is 49.3 Å². The minimum absolute atomic E-state index is 0.0471. The van der Waals surface area contributed by atoms with Gasteiger partial charge in [0, 0.05) is 22.7 Å². The van der Waals surface area contributed by atoms with Gasteiger partial charge in [0.05, 0.1) is 10.6 Å². The lowest BCUT2D eigenvalue weighted by atomic mass is 9.78. The first-order valence-corrected chi connectivity index (χ1v) is 10.4. The summed E-state index contributed by atoms with van der Waals surface area (Å²) in [7, 11) is 0. The normalized spacial score (nSPS) is 12.7. The van der Waals surface area contributed by atoms with Crippen LogP contribution in [0.5, 0.6) is 5.75 Å². The minimum atomic E-state index is -0.352. The topological polar surface area (TPSA) is 42.2 Å². The van der Waals surface area contributed by atoms with Crippen molar-refractivity contribution in [1.29, 1.82) is 0 Å². The highest BCUT2D eigenvalue weighted by Gasteiger charge is 2.31. The van der Waals surface area contributed by atoms with Crippen molar-refractivity contribution < 1.29 is 9.90 Å². The molecule has 2 aromatic rings. The second-order valence-electron chi connectivity index (χ2n) is 9.48. The first kappa shape index (κ1) is 23.1. The Labute approximate surface area is 182 Å². The summed E-state index contributed by atoms with van der Waals surface area (Å²) in [6.45, 7) is 15.8. The monoisotopic (exact) mass is 443 g/mol. The molecule has 154 valence electrons. The highest BCUT2D eigenvalue weighted by molar-refractivity contribution is 6.47. The van der Waals surface area contributed by atoms with Crippen LogP contribution >= 0.6 is 34.8 Å². The van der Waals surface area contributed by atoms with E-state index in [1.165, 1.54) is 0 Å². The number of hydrogen-bond donors (Lipinski definition) is 1. The maximum atomic E-state index is 13.4. The van der Waals surface area contributed by atoms with Crippen molar-refractivity contribution >= 4 is 40.6 Å². The molecule has 0 amide bonds. The predicted octanol–water partition coefficient (Wildman–Crippen LogP) is 7.56. The molecule has 0 fully saturated rings. The smallest absolute Gasteiger partial charge is 0.197 e. The second kappa shape index (κ2) is 7.59. The van der Waals surface area contributed by atoms with E-state index in [0.717, 1.165) is 0 Å². The molecule has 28 heavy (non-hydrogen) atoms. The first-order chi connectivity index (χ1) is 12.6. The zero-order valence-corrected chi connectivity index (χ0v) is 19.9. The molecular weight excluding hydrogens is 417 g/mol. The van der Waals surface area contributed by atoms with Crippen LogP contribution in [-0.4, -0.2) is 15.5 Å². The molecule has 0 bridgehead atoms. The van der Waals surface area contributed by atoms with Gasteiger partial charge in [0.1, 0.15) is 16.1 Å². The number of carbonyl (C=O) groups excluding carboxylic acids is 1. The molecule has 0 radical (unpaired) electrons. The fourth-order valence-electron chi connectivity index (χ4n) is 3.21. The van der Waals surface area contributed by atoms with E-state index in [1.807, 2.05) is 55.4 Å². The minimum Gasteiger partial charge on any atom is -0.507 e. The van der Waals surface area contributed by atoms with Crippen LogP contribution in [0.3, 0.4) is 0 Å². The van der Waals surface area contributed by atoms with E-state index in [2.05, 4.69) is 0 Å². The van der Waals surface area contributed by atoms with E-state index in [1.54, 1.807) is 16.7 Å². The number of ketones is 1. The summed E-state index contributed by atoms with van der Waals surface area (Å²) in [5.74, 6) is -0.0983. The number of hydrogen-bond acceptors (Lipinski definition) is 2. The van der Waals surface area contributed by atoms with Gasteiger partial charge in [0.25, 0.3) is 0 Å². The predicted molar refractivity (Wildman–Crippen MR) is 119 cm³/mol. The molecule has 1 N–H and O–H groups in total. The SMILES string of the molecule is CC(C)n1c(Cl)c(Cl)c(C(=O)c2cc(C(C)(C)C)c(O)c(C(C)(C)C)c2)c1Cl. The van der Waals surface area contributed by atoms with Crippen molar-refractivity contribution in [2.45, 2.75) is 72.3 Å². The van der Waals surface area contributed by atoms with Crippen LogP contribution in [-0.2, 0) is 10.8 Å². The van der Waals surface area contributed by atoms with E-state index < -0.39 is 0 Å². The van der Waals surface area contributed by atoms with Gasteiger partial charge >= 0.3 is 0 Å². The Morgan fingerprint density at radius 2 is 1.36 bits per heavy atom. The Balaban J connectivity index is 2.80. The average Bonchev–Trinajstić information content (AvgIpc) is 2.74. The lowest BCUT2D eigenvalue weighted by Crippen LogP contribution is -2.19. The van der Waals surface area contributed by atoms with E-state index >= 15 is 0 Å². The fraction of sp³-hybridized carbons (Fsp3) is 0.500. The number of phenolic OH excluding ortho intramolecular Hbond substituents is 1. The van der Waals surface area contributed by atoms with Crippen molar-refractivity contribution in [3.8, 4) is 5.75 Å². The number of nitrogens with zero attached hydrogens (tertiary/aromatic N) is 1. The molecule has 0 aliphatic rings. The molecule has 1 aromatic carbocycles. The van der Waals surface area contributed by atoms with Gasteiger partial charge in [-0.3, -0.25) is 4.79 Å². The largest absolute Gasteiger partial charge is 0.507 e. The van der Waals surface area contributed by atoms with Crippen molar-refractivity contribution in [2.24, 2.45) is 0 Å². The Hall–Kier alpha value is -1.16. The summed E-state index contributed by atoms with van der Waals surface area (Å²) in [6, 6.07) is 3.40. The number of aromatic hydroxyl groups is 1. The lowest BCUT2D eigenvalue weighted by Gasteiger charge is -2.28. The summed E-state index contributed by atoms with van der Waals surface area (Å²) >= 11 is 19.2. The summed E-state index contributed by atoms with van der Waals surface area (Å²) in [4.78, 5) is 13.4. The highest BCUT2D eigenvalue weighted by atomic mass is 35.5. The maximum absolute atomic E-state index is 13.4. The number of benzene rings is 1. The zero-order chi connectivity index (χ0) is 21.8. The van der Waals surface area contributed by atoms with E-state index in [0.29, 0.717) is 16.7 Å². The van der Waals surface area contributed by atoms with E-state index in [9.17, 15) is 9.90 Å². The molecule has 0 saturated heterocycles. The third kappa shape index (κ3) is 4.08. The molecule has 0 atom stereocenters. The van der Waals surface area contributed by atoms with Gasteiger partial charge in [0.2, 0.25) is 0 Å². The number of phenols is 1. The van der Waals surface area contributed by atoms with Gasteiger partial charge < -0.3 is 9.67 Å². The van der Waals surface area contributed by atoms with Crippen LogP contribution in [0, 0.1) is 0 Å². The van der Waals surface area contributed by atoms with Crippen molar-refractivity contribution in [3.05, 3.63) is 49.7 Å². The Morgan fingerprint density at radius 1 is 0.929 bits per heavy atom. The highest BCUT2D eigenvalue weighted by Crippen LogP contribution is 2.42. The Kier molecular flexibility index (Phi) is 6.27. The Morgan fingerprint density at radius 3 is 1.68 bits per heavy atom. The molecule has 2 rings (SSSR count). The van der Waals surface area contributed by atoms with Crippen LogP contribution < -0.4 is 0 Å². The molecule has 0 aliphatic carbocycles. The van der Waals surface area contributed by atoms with Crippen LogP contribution in [0.25, 0.3) is 0 Å². The standard InChI is InChI=1S/C22H28Cl3NO2/c1-11(2)26-19(24)15(16(23)20(26)25)17(27)12-9-13(21(3,4)5)18(28)14(10-12)22(6,7)8/h9-11,28H,1-8H3. The molecule has 1 heterocycles. The first-order valence-electron chi connectivity index (χ1n) is 9.26. The second-order valence-corrected chi connectivity index (χ2v) is 10.6. The third-order valence-corrected chi connectivity index (χ3v) is 5.97. The molecule has 1 aromatic heterocycles. The molecular formula is C22H28Cl3NO2. The summed E-state index contributed by atoms with van der Waals surface area (Å²) < 4.78 is 1.63. The van der Waals surface area contributed by atoms with Crippen molar-refractivity contribution in [3.63, 3.8) is 0 Å². The van der Waals surface area contributed by atoms with Gasteiger partial charge in [-0.25, -0.2) is 0 Å².